The molecular formula is C12H13NO3. The Kier molecular flexibility index (Phi) is 1.94. The summed E-state index contributed by atoms with van der Waals surface area (Å²) < 4.78 is 0. The Balaban J connectivity index is 1.88. The van der Waals surface area contributed by atoms with Gasteiger partial charge in [0.15, 0.2) is 0 Å². The van der Waals surface area contributed by atoms with Crippen LogP contribution < -0.4 is 5.06 Å². The molecule has 1 saturated carbocycles. The number of hydroxylamine groups is 1. The molecule has 84 valence electrons. The zero-order valence-electron chi connectivity index (χ0n) is 8.85. The van der Waals surface area contributed by atoms with E-state index in [-0.39, 0.29) is 17.3 Å². The van der Waals surface area contributed by atoms with Crippen LogP contribution >= 0.6 is 0 Å². The second-order valence-electron chi connectivity index (χ2n) is 4.51. The van der Waals surface area contributed by atoms with Gasteiger partial charge in [-0.3, -0.25) is 9.63 Å². The molecule has 0 radical (unpaired) electrons. The van der Waals surface area contributed by atoms with Crippen molar-refractivity contribution in [1.29, 1.82) is 0 Å². The number of aromatic hydroxyl groups is 1. The average Bonchev–Trinajstić information content (AvgIpc) is 2.56. The molecule has 0 unspecified atom stereocenters. The number of carbonyl (C=O) groups is 1. The van der Waals surface area contributed by atoms with E-state index in [1.165, 1.54) is 11.1 Å². The molecule has 2 aliphatic rings. The van der Waals surface area contributed by atoms with E-state index in [1.54, 1.807) is 18.2 Å². The Morgan fingerprint density at radius 3 is 2.75 bits per heavy atom. The van der Waals surface area contributed by atoms with E-state index in [4.69, 9.17) is 4.84 Å². The molecule has 3 rings (SSSR count). The van der Waals surface area contributed by atoms with Gasteiger partial charge in [-0.15, -0.1) is 0 Å². The zero-order chi connectivity index (χ0) is 11.2. The summed E-state index contributed by atoms with van der Waals surface area (Å²) in [5, 5.41) is 10.7. The lowest BCUT2D eigenvalue weighted by Crippen LogP contribution is -2.37. The molecular weight excluding hydrogens is 206 g/mol. The number of rotatable bonds is 1. The first-order chi connectivity index (χ1) is 7.69. The predicted octanol–water partition coefficient (Wildman–Crippen LogP) is 1.98. The first-order valence-electron chi connectivity index (χ1n) is 5.50. The van der Waals surface area contributed by atoms with E-state index in [0.29, 0.717) is 12.1 Å². The van der Waals surface area contributed by atoms with Gasteiger partial charge in [0, 0.05) is 6.07 Å². The van der Waals surface area contributed by atoms with Gasteiger partial charge < -0.3 is 5.11 Å². The highest BCUT2D eigenvalue weighted by atomic mass is 16.7. The van der Waals surface area contributed by atoms with E-state index in [1.807, 2.05) is 0 Å². The first kappa shape index (κ1) is 9.66. The number of hydrogen-bond acceptors (Lipinski definition) is 3. The highest BCUT2D eigenvalue weighted by Crippen LogP contribution is 2.45. The standard InChI is InChI=1S/C12H13NO3/c14-10-4-1-3-9(7-10)13-11(15)8-12(16-13)5-2-6-12/h1,3-4,7,14H,2,5-6,8H2. The van der Waals surface area contributed by atoms with E-state index >= 15 is 0 Å². The first-order valence-corrected chi connectivity index (χ1v) is 5.50. The number of carbonyl (C=O) groups excluding carboxylic acids is 1. The number of nitrogens with zero attached hydrogens (tertiary/aromatic N) is 1. The lowest BCUT2D eigenvalue weighted by molar-refractivity contribution is -0.120. The van der Waals surface area contributed by atoms with Crippen molar-refractivity contribution < 1.29 is 14.7 Å². The molecule has 2 fully saturated rings. The van der Waals surface area contributed by atoms with Gasteiger partial charge in [-0.1, -0.05) is 6.07 Å². The minimum Gasteiger partial charge on any atom is -0.508 e. The maximum absolute atomic E-state index is 11.8. The van der Waals surface area contributed by atoms with Crippen LogP contribution in [0.25, 0.3) is 0 Å². The molecule has 4 heteroatoms. The Morgan fingerprint density at radius 2 is 2.19 bits per heavy atom. The molecule has 1 amide bonds. The quantitative estimate of drug-likeness (QED) is 0.785. The molecule has 1 aromatic carbocycles. The molecule has 1 spiro atoms. The average molecular weight is 219 g/mol. The summed E-state index contributed by atoms with van der Waals surface area (Å²) in [6, 6.07) is 6.57. The monoisotopic (exact) mass is 219 g/mol. The molecule has 0 aromatic heterocycles. The summed E-state index contributed by atoms with van der Waals surface area (Å²) in [7, 11) is 0. The highest BCUT2D eigenvalue weighted by Gasteiger charge is 2.49. The van der Waals surface area contributed by atoms with E-state index in [9.17, 15) is 9.90 Å². The summed E-state index contributed by atoms with van der Waals surface area (Å²) in [4.78, 5) is 17.5. The van der Waals surface area contributed by atoms with E-state index < -0.39 is 0 Å². The fourth-order valence-electron chi connectivity index (χ4n) is 2.28. The number of phenols is 1. The Labute approximate surface area is 93.4 Å². The third-order valence-corrected chi connectivity index (χ3v) is 3.31. The van der Waals surface area contributed by atoms with Crippen molar-refractivity contribution in [2.75, 3.05) is 5.06 Å². The van der Waals surface area contributed by atoms with Gasteiger partial charge in [-0.2, -0.15) is 5.06 Å². The van der Waals surface area contributed by atoms with Crippen LogP contribution in [0.5, 0.6) is 5.75 Å². The SMILES string of the molecule is O=C1CC2(CCC2)ON1c1cccc(O)c1. The fourth-order valence-corrected chi connectivity index (χ4v) is 2.28. The van der Waals surface area contributed by atoms with Gasteiger partial charge in [-0.25, -0.2) is 0 Å². The van der Waals surface area contributed by atoms with Crippen LogP contribution in [0.2, 0.25) is 0 Å². The van der Waals surface area contributed by atoms with Crippen molar-refractivity contribution in [3.63, 3.8) is 0 Å². The molecule has 16 heavy (non-hydrogen) atoms. The Hall–Kier alpha value is -1.55. The van der Waals surface area contributed by atoms with Gasteiger partial charge in [0.05, 0.1) is 12.1 Å². The fraction of sp³-hybridized carbons (Fsp3) is 0.417. The minimum atomic E-state index is -0.247. The predicted molar refractivity (Wildman–Crippen MR) is 57.9 cm³/mol. The third kappa shape index (κ3) is 1.38. The molecule has 4 nitrogen and oxygen atoms in total. The molecule has 0 atom stereocenters. The second kappa shape index (κ2) is 3.22. The highest BCUT2D eigenvalue weighted by molar-refractivity contribution is 5.94. The molecule has 1 aromatic rings. The Morgan fingerprint density at radius 1 is 1.38 bits per heavy atom. The van der Waals surface area contributed by atoms with Crippen LogP contribution in [0.4, 0.5) is 5.69 Å². The lowest BCUT2D eigenvalue weighted by Gasteiger charge is -2.35. The molecule has 1 aliphatic carbocycles. The maximum atomic E-state index is 11.8. The van der Waals surface area contributed by atoms with Crippen LogP contribution in [0, 0.1) is 0 Å². The van der Waals surface area contributed by atoms with E-state index in [0.717, 1.165) is 19.3 Å². The molecule has 1 aliphatic heterocycles. The summed E-state index contributed by atoms with van der Waals surface area (Å²) in [5.41, 5.74) is 0.358. The topological polar surface area (TPSA) is 49.8 Å². The summed E-state index contributed by atoms with van der Waals surface area (Å²) >= 11 is 0. The van der Waals surface area contributed by atoms with Gasteiger partial charge >= 0.3 is 0 Å². The summed E-state index contributed by atoms with van der Waals surface area (Å²) in [6.45, 7) is 0. The van der Waals surface area contributed by atoms with Crippen molar-refractivity contribution in [1.82, 2.24) is 0 Å². The Bertz CT molecular complexity index is 440. The van der Waals surface area contributed by atoms with Crippen LogP contribution in [-0.4, -0.2) is 16.6 Å². The zero-order valence-corrected chi connectivity index (χ0v) is 8.85. The lowest BCUT2D eigenvalue weighted by atomic mass is 9.78. The second-order valence-corrected chi connectivity index (χ2v) is 4.51. The van der Waals surface area contributed by atoms with Crippen LogP contribution in [-0.2, 0) is 9.63 Å². The van der Waals surface area contributed by atoms with E-state index in [2.05, 4.69) is 0 Å². The number of amides is 1. The molecule has 1 heterocycles. The summed E-state index contributed by atoms with van der Waals surface area (Å²) in [5.74, 6) is 0.119. The normalized spacial score (nSPS) is 22.5. The van der Waals surface area contributed by atoms with Crippen LogP contribution in [0.1, 0.15) is 25.7 Å². The number of benzene rings is 1. The van der Waals surface area contributed by atoms with Crippen LogP contribution in [0.3, 0.4) is 0 Å². The largest absolute Gasteiger partial charge is 0.508 e. The van der Waals surface area contributed by atoms with Gasteiger partial charge in [0.1, 0.15) is 11.4 Å². The minimum absolute atomic E-state index is 0.0229. The smallest absolute Gasteiger partial charge is 0.253 e. The molecule has 1 saturated heterocycles. The van der Waals surface area contributed by atoms with Gasteiger partial charge in [0.25, 0.3) is 5.91 Å². The number of anilines is 1. The third-order valence-electron chi connectivity index (χ3n) is 3.31. The van der Waals surface area contributed by atoms with Crippen molar-refractivity contribution in [2.45, 2.75) is 31.3 Å². The number of phenolic OH excluding ortho intramolecular Hbond substituents is 1. The van der Waals surface area contributed by atoms with Gasteiger partial charge in [-0.05, 0) is 31.4 Å². The van der Waals surface area contributed by atoms with Crippen molar-refractivity contribution in [2.24, 2.45) is 0 Å². The van der Waals surface area contributed by atoms with Crippen molar-refractivity contribution in [3.05, 3.63) is 24.3 Å². The maximum Gasteiger partial charge on any atom is 0.253 e. The van der Waals surface area contributed by atoms with Gasteiger partial charge in [0.2, 0.25) is 0 Å². The summed E-state index contributed by atoms with van der Waals surface area (Å²) in [6.07, 6.45) is 3.49. The van der Waals surface area contributed by atoms with Crippen molar-refractivity contribution in [3.8, 4) is 5.75 Å². The van der Waals surface area contributed by atoms with Crippen molar-refractivity contribution >= 4 is 11.6 Å². The van der Waals surface area contributed by atoms with Crippen LogP contribution in [0.15, 0.2) is 24.3 Å². The molecule has 0 bridgehead atoms. The number of hydrogen-bond donors (Lipinski definition) is 1. The molecule has 1 N–H and O–H groups in total.